The van der Waals surface area contributed by atoms with Gasteiger partial charge in [-0.05, 0) is 24.0 Å². The molecule has 6 heteroatoms. The number of aliphatic carboxylic acids is 1. The molecule has 1 aromatic carbocycles. The fourth-order valence-corrected chi connectivity index (χ4v) is 1.86. The number of amides is 1. The second kappa shape index (κ2) is 9.78. The predicted molar refractivity (Wildman–Crippen MR) is 82.1 cm³/mol. The summed E-state index contributed by atoms with van der Waals surface area (Å²) < 4.78 is 10.4. The van der Waals surface area contributed by atoms with Crippen LogP contribution in [0, 0.1) is 0 Å². The van der Waals surface area contributed by atoms with E-state index in [2.05, 4.69) is 19.2 Å². The highest BCUT2D eigenvalue weighted by atomic mass is 16.5. The first kappa shape index (κ1) is 18.0. The second-order valence-corrected chi connectivity index (χ2v) is 4.93. The van der Waals surface area contributed by atoms with Crippen molar-refractivity contribution in [2.24, 2.45) is 0 Å². The van der Waals surface area contributed by atoms with Crippen molar-refractivity contribution in [3.05, 3.63) is 29.8 Å². The highest BCUT2D eigenvalue weighted by Crippen LogP contribution is 2.28. The third-order valence-electron chi connectivity index (χ3n) is 3.22. The Bertz CT molecular complexity index is 489. The molecule has 0 spiro atoms. The van der Waals surface area contributed by atoms with Gasteiger partial charge in [-0.3, -0.25) is 4.79 Å². The summed E-state index contributed by atoms with van der Waals surface area (Å²) in [4.78, 5) is 21.9. The number of ether oxygens (including phenoxy) is 2. The molecule has 1 unspecified atom stereocenters. The van der Waals surface area contributed by atoms with Crippen LogP contribution in [0.5, 0.6) is 5.75 Å². The van der Waals surface area contributed by atoms with E-state index in [1.165, 1.54) is 0 Å². The smallest absolute Gasteiger partial charge is 0.329 e. The molecule has 0 radical (unpaired) electrons. The van der Waals surface area contributed by atoms with Crippen molar-refractivity contribution in [1.29, 1.82) is 0 Å². The zero-order valence-electron chi connectivity index (χ0n) is 13.0. The molecular formula is C16H23NO5. The Labute approximate surface area is 130 Å². The molecule has 2 N–H and O–H groups in total. The Morgan fingerprint density at radius 3 is 2.68 bits per heavy atom. The molecule has 0 saturated carbocycles. The molecule has 1 aromatic rings. The maximum Gasteiger partial charge on any atom is 0.329 e. The number of para-hydroxylation sites is 1. The van der Waals surface area contributed by atoms with Crippen LogP contribution in [0.1, 0.15) is 31.7 Å². The van der Waals surface area contributed by atoms with Gasteiger partial charge in [-0.2, -0.15) is 0 Å². The van der Waals surface area contributed by atoms with Gasteiger partial charge in [-0.25, -0.2) is 4.79 Å². The summed E-state index contributed by atoms with van der Waals surface area (Å²) in [5.41, 5.74) is 1.09. The molecule has 6 nitrogen and oxygen atoms in total. The van der Waals surface area contributed by atoms with Crippen LogP contribution in [-0.2, 0) is 14.3 Å². The monoisotopic (exact) mass is 309 g/mol. The van der Waals surface area contributed by atoms with Crippen LogP contribution in [0.25, 0.3) is 0 Å². The predicted octanol–water partition coefficient (Wildman–Crippen LogP) is 1.80. The van der Waals surface area contributed by atoms with E-state index in [-0.39, 0.29) is 32.3 Å². The van der Waals surface area contributed by atoms with Gasteiger partial charge in [0.1, 0.15) is 12.4 Å². The average Bonchev–Trinajstić information content (AvgIpc) is 2.51. The van der Waals surface area contributed by atoms with Gasteiger partial charge in [-0.1, -0.05) is 32.0 Å². The van der Waals surface area contributed by atoms with Crippen LogP contribution < -0.4 is 10.1 Å². The molecule has 0 aliphatic heterocycles. The standard InChI is InChI=1S/C16H23NO5/c1-3-12(2)13-6-4-5-7-14(13)22-10-15(18)17-8-9-21-11-16(19)20/h4-7,12H,3,8-11H2,1-2H3,(H,17,18)(H,19,20). The first-order valence-corrected chi connectivity index (χ1v) is 7.32. The van der Waals surface area contributed by atoms with E-state index >= 15 is 0 Å². The zero-order chi connectivity index (χ0) is 16.4. The number of carboxylic acids is 1. The molecule has 122 valence electrons. The van der Waals surface area contributed by atoms with Crippen LogP contribution in [0.2, 0.25) is 0 Å². The third-order valence-corrected chi connectivity index (χ3v) is 3.22. The normalized spacial score (nSPS) is 11.7. The molecule has 0 bridgehead atoms. The minimum Gasteiger partial charge on any atom is -0.483 e. The van der Waals surface area contributed by atoms with Crippen molar-refractivity contribution in [3.63, 3.8) is 0 Å². The summed E-state index contributed by atoms with van der Waals surface area (Å²) in [6.45, 7) is 4.18. The molecule has 0 saturated heterocycles. The van der Waals surface area contributed by atoms with Gasteiger partial charge in [0.15, 0.2) is 6.61 Å². The Kier molecular flexibility index (Phi) is 7.99. The Hall–Kier alpha value is -2.08. The minimum atomic E-state index is -1.03. The molecule has 22 heavy (non-hydrogen) atoms. The van der Waals surface area contributed by atoms with Gasteiger partial charge >= 0.3 is 5.97 Å². The highest BCUT2D eigenvalue weighted by Gasteiger charge is 2.10. The Morgan fingerprint density at radius 2 is 2.00 bits per heavy atom. The van der Waals surface area contributed by atoms with Gasteiger partial charge in [0.05, 0.1) is 6.61 Å². The number of benzene rings is 1. The summed E-state index contributed by atoms with van der Waals surface area (Å²) in [6, 6.07) is 7.68. The zero-order valence-corrected chi connectivity index (χ0v) is 13.0. The van der Waals surface area contributed by atoms with Crippen molar-refractivity contribution < 1.29 is 24.2 Å². The highest BCUT2D eigenvalue weighted by molar-refractivity contribution is 5.77. The van der Waals surface area contributed by atoms with Gasteiger partial charge < -0.3 is 19.9 Å². The first-order chi connectivity index (χ1) is 10.5. The van der Waals surface area contributed by atoms with Crippen LogP contribution >= 0.6 is 0 Å². The van der Waals surface area contributed by atoms with E-state index < -0.39 is 5.97 Å². The fraction of sp³-hybridized carbons (Fsp3) is 0.500. The lowest BCUT2D eigenvalue weighted by Gasteiger charge is -2.15. The fourth-order valence-electron chi connectivity index (χ4n) is 1.86. The number of carboxylic acid groups (broad SMARTS) is 1. The molecule has 0 aromatic heterocycles. The van der Waals surface area contributed by atoms with Gasteiger partial charge in [0.2, 0.25) is 0 Å². The van der Waals surface area contributed by atoms with Crippen LogP contribution in [0.4, 0.5) is 0 Å². The maximum absolute atomic E-state index is 11.7. The number of carbonyl (C=O) groups excluding carboxylic acids is 1. The van der Waals surface area contributed by atoms with Gasteiger partial charge in [0, 0.05) is 6.54 Å². The molecule has 1 rings (SSSR count). The lowest BCUT2D eigenvalue weighted by Crippen LogP contribution is -2.32. The van der Waals surface area contributed by atoms with Crippen LogP contribution in [0.15, 0.2) is 24.3 Å². The Balaban J connectivity index is 2.34. The van der Waals surface area contributed by atoms with Gasteiger partial charge in [0.25, 0.3) is 5.91 Å². The molecule has 0 fully saturated rings. The topological polar surface area (TPSA) is 84.9 Å². The SMILES string of the molecule is CCC(C)c1ccccc1OCC(=O)NCCOCC(=O)O. The first-order valence-electron chi connectivity index (χ1n) is 7.32. The number of hydrogen-bond donors (Lipinski definition) is 2. The number of hydrogen-bond acceptors (Lipinski definition) is 4. The average molecular weight is 309 g/mol. The molecule has 1 atom stereocenters. The third kappa shape index (κ3) is 6.58. The summed E-state index contributed by atoms with van der Waals surface area (Å²) >= 11 is 0. The molecular weight excluding hydrogens is 286 g/mol. The van der Waals surface area contributed by atoms with E-state index in [9.17, 15) is 9.59 Å². The summed E-state index contributed by atoms with van der Waals surface area (Å²) in [6.07, 6.45) is 0.994. The largest absolute Gasteiger partial charge is 0.483 e. The Morgan fingerprint density at radius 1 is 1.27 bits per heavy atom. The maximum atomic E-state index is 11.7. The lowest BCUT2D eigenvalue weighted by atomic mass is 9.98. The van der Waals surface area contributed by atoms with Crippen molar-refractivity contribution in [2.75, 3.05) is 26.4 Å². The van der Waals surface area contributed by atoms with Crippen LogP contribution in [0.3, 0.4) is 0 Å². The van der Waals surface area contributed by atoms with Crippen molar-refractivity contribution >= 4 is 11.9 Å². The quantitative estimate of drug-likeness (QED) is 0.644. The molecule has 0 aliphatic rings. The molecule has 0 heterocycles. The lowest BCUT2D eigenvalue weighted by molar-refractivity contribution is -0.142. The summed E-state index contributed by atoms with van der Waals surface area (Å²) in [7, 11) is 0. The van der Waals surface area contributed by atoms with E-state index in [4.69, 9.17) is 14.6 Å². The molecule has 0 aliphatic carbocycles. The summed E-state index contributed by atoms with van der Waals surface area (Å²) in [5.74, 6) is -0.216. The van der Waals surface area contributed by atoms with E-state index in [0.29, 0.717) is 11.7 Å². The van der Waals surface area contributed by atoms with E-state index in [1.54, 1.807) is 0 Å². The van der Waals surface area contributed by atoms with E-state index in [0.717, 1.165) is 12.0 Å². The van der Waals surface area contributed by atoms with Crippen molar-refractivity contribution in [2.45, 2.75) is 26.2 Å². The van der Waals surface area contributed by atoms with Crippen LogP contribution in [-0.4, -0.2) is 43.3 Å². The van der Waals surface area contributed by atoms with Crippen molar-refractivity contribution in [3.8, 4) is 5.75 Å². The van der Waals surface area contributed by atoms with Gasteiger partial charge in [-0.15, -0.1) is 0 Å². The summed E-state index contributed by atoms with van der Waals surface area (Å²) in [5, 5.41) is 11.0. The number of carbonyl (C=O) groups is 2. The van der Waals surface area contributed by atoms with Crippen molar-refractivity contribution in [1.82, 2.24) is 5.32 Å². The second-order valence-electron chi connectivity index (χ2n) is 4.93. The number of nitrogens with one attached hydrogen (secondary N) is 1. The minimum absolute atomic E-state index is 0.0770. The van der Waals surface area contributed by atoms with E-state index in [1.807, 2.05) is 24.3 Å². The molecule has 1 amide bonds. The number of rotatable bonds is 10.